The number of primary amides is 1. The molecule has 1 aliphatic carbocycles. The first-order valence-corrected chi connectivity index (χ1v) is 5.88. The van der Waals surface area contributed by atoms with Crippen LogP contribution in [0.15, 0.2) is 0 Å². The number of carbonyl (C=O) groups excluding carboxylic acids is 2. The zero-order valence-corrected chi connectivity index (χ0v) is 10.2. The minimum atomic E-state index is -0.912. The van der Waals surface area contributed by atoms with E-state index in [0.29, 0.717) is 25.7 Å². The Bertz CT molecular complexity index is 336. The van der Waals surface area contributed by atoms with Crippen LogP contribution in [-0.2, 0) is 14.3 Å². The standard InChI is InChI=1S/C11H18N2O5/c1-6(9(14)13-11(12)17)18-8-4-2-7(3-5-8)10(15)16/h6-8H,2-5H2,1H3,(H,15,16)(H3,12,13,14,17). The highest BCUT2D eigenvalue weighted by atomic mass is 16.5. The van der Waals surface area contributed by atoms with Crippen LogP contribution in [-0.4, -0.2) is 35.2 Å². The third kappa shape index (κ3) is 4.33. The van der Waals surface area contributed by atoms with E-state index >= 15 is 0 Å². The zero-order valence-electron chi connectivity index (χ0n) is 10.2. The number of rotatable bonds is 4. The van der Waals surface area contributed by atoms with Gasteiger partial charge >= 0.3 is 12.0 Å². The molecule has 102 valence electrons. The van der Waals surface area contributed by atoms with Crippen molar-refractivity contribution in [3.63, 3.8) is 0 Å². The molecule has 0 aliphatic heterocycles. The van der Waals surface area contributed by atoms with Gasteiger partial charge in [0.25, 0.3) is 5.91 Å². The van der Waals surface area contributed by atoms with Crippen molar-refractivity contribution in [2.75, 3.05) is 0 Å². The summed E-state index contributed by atoms with van der Waals surface area (Å²) in [6, 6.07) is -0.912. The van der Waals surface area contributed by atoms with Gasteiger partial charge < -0.3 is 15.6 Å². The van der Waals surface area contributed by atoms with Crippen molar-refractivity contribution in [3.05, 3.63) is 0 Å². The highest BCUT2D eigenvalue weighted by Crippen LogP contribution is 2.27. The Kier molecular flexibility index (Phi) is 5.08. The van der Waals surface area contributed by atoms with Crippen LogP contribution in [0.3, 0.4) is 0 Å². The third-order valence-corrected chi connectivity index (χ3v) is 3.04. The maximum absolute atomic E-state index is 11.4. The lowest BCUT2D eigenvalue weighted by molar-refractivity contribution is -0.146. The van der Waals surface area contributed by atoms with E-state index in [-0.39, 0.29) is 12.0 Å². The fourth-order valence-corrected chi connectivity index (χ4v) is 2.02. The van der Waals surface area contributed by atoms with Crippen molar-refractivity contribution in [2.45, 2.75) is 44.8 Å². The molecular weight excluding hydrogens is 240 g/mol. The topological polar surface area (TPSA) is 119 Å². The summed E-state index contributed by atoms with van der Waals surface area (Å²) in [7, 11) is 0. The minimum Gasteiger partial charge on any atom is -0.481 e. The second-order valence-corrected chi connectivity index (χ2v) is 4.44. The maximum atomic E-state index is 11.4. The predicted molar refractivity (Wildman–Crippen MR) is 61.7 cm³/mol. The molecule has 0 heterocycles. The average Bonchev–Trinajstić information content (AvgIpc) is 2.28. The molecule has 1 unspecified atom stereocenters. The summed E-state index contributed by atoms with van der Waals surface area (Å²) in [5, 5.41) is 10.8. The molecule has 18 heavy (non-hydrogen) atoms. The molecule has 0 bridgehead atoms. The van der Waals surface area contributed by atoms with Crippen LogP contribution >= 0.6 is 0 Å². The van der Waals surface area contributed by atoms with Crippen LogP contribution in [0, 0.1) is 5.92 Å². The van der Waals surface area contributed by atoms with Crippen molar-refractivity contribution in [1.29, 1.82) is 0 Å². The minimum absolute atomic E-state index is 0.144. The van der Waals surface area contributed by atoms with Crippen LogP contribution < -0.4 is 11.1 Å². The van der Waals surface area contributed by atoms with Gasteiger partial charge in [-0.25, -0.2) is 4.79 Å². The van der Waals surface area contributed by atoms with E-state index in [2.05, 4.69) is 0 Å². The highest BCUT2D eigenvalue weighted by Gasteiger charge is 2.28. The lowest BCUT2D eigenvalue weighted by Crippen LogP contribution is -2.43. The molecule has 0 saturated heterocycles. The van der Waals surface area contributed by atoms with Gasteiger partial charge in [0.1, 0.15) is 6.10 Å². The van der Waals surface area contributed by atoms with E-state index in [9.17, 15) is 14.4 Å². The number of nitrogens with two attached hydrogens (primary N) is 1. The third-order valence-electron chi connectivity index (χ3n) is 3.04. The van der Waals surface area contributed by atoms with Crippen molar-refractivity contribution in [1.82, 2.24) is 5.32 Å². The number of aliphatic carboxylic acids is 1. The Labute approximate surface area is 105 Å². The quantitative estimate of drug-likeness (QED) is 0.667. The highest BCUT2D eigenvalue weighted by molar-refractivity contribution is 5.95. The van der Waals surface area contributed by atoms with Crippen molar-refractivity contribution < 1.29 is 24.2 Å². The summed E-state index contributed by atoms with van der Waals surface area (Å²) in [4.78, 5) is 32.6. The van der Waals surface area contributed by atoms with Crippen LogP contribution in [0.5, 0.6) is 0 Å². The normalized spacial score (nSPS) is 25.2. The SMILES string of the molecule is CC(OC1CCC(C(=O)O)CC1)C(=O)NC(N)=O. The summed E-state index contributed by atoms with van der Waals surface area (Å²) >= 11 is 0. The Hall–Kier alpha value is -1.63. The maximum Gasteiger partial charge on any atom is 0.318 e. The number of hydrogen-bond donors (Lipinski definition) is 3. The van der Waals surface area contributed by atoms with Gasteiger partial charge in [-0.3, -0.25) is 14.9 Å². The van der Waals surface area contributed by atoms with E-state index < -0.39 is 24.0 Å². The molecule has 7 heteroatoms. The summed E-state index contributed by atoms with van der Waals surface area (Å²) in [6.07, 6.45) is 1.38. The summed E-state index contributed by atoms with van der Waals surface area (Å²) < 4.78 is 5.47. The smallest absolute Gasteiger partial charge is 0.318 e. The monoisotopic (exact) mass is 258 g/mol. The average molecular weight is 258 g/mol. The molecule has 1 aliphatic rings. The van der Waals surface area contributed by atoms with Gasteiger partial charge in [-0.15, -0.1) is 0 Å². The number of nitrogens with one attached hydrogen (secondary N) is 1. The van der Waals surface area contributed by atoms with Gasteiger partial charge in [-0.05, 0) is 32.6 Å². The van der Waals surface area contributed by atoms with E-state index in [1.807, 2.05) is 5.32 Å². The zero-order chi connectivity index (χ0) is 13.7. The van der Waals surface area contributed by atoms with Gasteiger partial charge in [0, 0.05) is 0 Å². The first-order chi connectivity index (χ1) is 8.40. The van der Waals surface area contributed by atoms with Crippen LogP contribution in [0.1, 0.15) is 32.6 Å². The first kappa shape index (κ1) is 14.4. The van der Waals surface area contributed by atoms with Gasteiger partial charge in [0.05, 0.1) is 12.0 Å². The molecule has 1 saturated carbocycles. The van der Waals surface area contributed by atoms with Crippen molar-refractivity contribution >= 4 is 17.9 Å². The van der Waals surface area contributed by atoms with E-state index in [1.54, 1.807) is 0 Å². The predicted octanol–water partition coefficient (Wildman–Crippen LogP) is 0.230. The number of carboxylic acids is 1. The largest absolute Gasteiger partial charge is 0.481 e. The number of ether oxygens (including phenoxy) is 1. The summed E-state index contributed by atoms with van der Waals surface area (Å²) in [6.45, 7) is 1.53. The molecule has 4 N–H and O–H groups in total. The van der Waals surface area contributed by atoms with Gasteiger partial charge in [-0.2, -0.15) is 0 Å². The summed E-state index contributed by atoms with van der Waals surface area (Å²) in [5.41, 5.74) is 4.82. The van der Waals surface area contributed by atoms with E-state index in [0.717, 1.165) is 0 Å². The molecule has 7 nitrogen and oxygen atoms in total. The molecular formula is C11H18N2O5. The molecule has 1 rings (SSSR count). The second-order valence-electron chi connectivity index (χ2n) is 4.44. The number of hydrogen-bond acceptors (Lipinski definition) is 4. The number of imide groups is 1. The van der Waals surface area contributed by atoms with Crippen LogP contribution in [0.4, 0.5) is 4.79 Å². The lowest BCUT2D eigenvalue weighted by atomic mass is 9.87. The fraction of sp³-hybridized carbons (Fsp3) is 0.727. The van der Waals surface area contributed by atoms with Gasteiger partial charge in [-0.1, -0.05) is 0 Å². The molecule has 0 spiro atoms. The van der Waals surface area contributed by atoms with Gasteiger partial charge in [0.2, 0.25) is 0 Å². The van der Waals surface area contributed by atoms with E-state index in [1.165, 1.54) is 6.92 Å². The Morgan fingerprint density at radius 1 is 1.28 bits per heavy atom. The van der Waals surface area contributed by atoms with E-state index in [4.69, 9.17) is 15.6 Å². The number of urea groups is 1. The second kappa shape index (κ2) is 6.34. The molecule has 0 aromatic heterocycles. The fourth-order valence-electron chi connectivity index (χ4n) is 2.02. The lowest BCUT2D eigenvalue weighted by Gasteiger charge is -2.28. The number of amides is 3. The first-order valence-electron chi connectivity index (χ1n) is 5.88. The van der Waals surface area contributed by atoms with Crippen LogP contribution in [0.25, 0.3) is 0 Å². The van der Waals surface area contributed by atoms with Crippen molar-refractivity contribution in [2.24, 2.45) is 11.7 Å². The molecule has 0 aromatic rings. The van der Waals surface area contributed by atoms with Gasteiger partial charge in [0.15, 0.2) is 0 Å². The Balaban J connectivity index is 2.34. The molecule has 0 radical (unpaired) electrons. The molecule has 1 fully saturated rings. The Morgan fingerprint density at radius 2 is 1.83 bits per heavy atom. The summed E-state index contributed by atoms with van der Waals surface area (Å²) in [5.74, 6) is -1.68. The van der Waals surface area contributed by atoms with Crippen molar-refractivity contribution in [3.8, 4) is 0 Å². The number of carbonyl (C=O) groups is 3. The van der Waals surface area contributed by atoms with Crippen LogP contribution in [0.2, 0.25) is 0 Å². The molecule has 1 atom stereocenters. The molecule has 3 amide bonds. The Morgan fingerprint density at radius 3 is 2.28 bits per heavy atom. The molecule has 0 aromatic carbocycles. The number of carboxylic acid groups (broad SMARTS) is 1.